The molecule has 0 spiro atoms. The molecule has 0 saturated carbocycles. The quantitative estimate of drug-likeness (QED) is 0.175. The fourth-order valence-corrected chi connectivity index (χ4v) is 3.80. The van der Waals surface area contributed by atoms with Crippen molar-refractivity contribution >= 4 is 52.3 Å². The number of amides is 3. The third-order valence-corrected chi connectivity index (χ3v) is 5.77. The molecule has 0 fully saturated rings. The van der Waals surface area contributed by atoms with Crippen LogP contribution in [0.15, 0.2) is 30.5 Å². The molecule has 0 radical (unpaired) electrons. The van der Waals surface area contributed by atoms with Crippen molar-refractivity contribution in [3.63, 3.8) is 0 Å². The van der Waals surface area contributed by atoms with Crippen LogP contribution in [-0.4, -0.2) is 81.5 Å². The van der Waals surface area contributed by atoms with Crippen LogP contribution < -0.4 is 21.7 Å². The topological polar surface area (TPSA) is 204 Å². The van der Waals surface area contributed by atoms with E-state index in [1.807, 2.05) is 24.3 Å². The summed E-state index contributed by atoms with van der Waals surface area (Å²) < 4.78 is 0. The summed E-state index contributed by atoms with van der Waals surface area (Å²) in [6.45, 7) is -0.444. The Kier molecular flexibility index (Phi) is 10.5. The van der Waals surface area contributed by atoms with Crippen LogP contribution in [0.3, 0.4) is 0 Å². The number of aliphatic carboxylic acids is 2. The lowest BCUT2D eigenvalue weighted by atomic mass is 10.1. The van der Waals surface area contributed by atoms with Crippen molar-refractivity contribution < 1.29 is 34.2 Å². The highest BCUT2D eigenvalue weighted by Crippen LogP contribution is 2.18. The van der Waals surface area contributed by atoms with Gasteiger partial charge in [-0.2, -0.15) is 11.8 Å². The molecular formula is C22H29N5O7S. The van der Waals surface area contributed by atoms with Gasteiger partial charge in [-0.3, -0.25) is 19.2 Å². The first-order chi connectivity index (χ1) is 16.6. The number of carboxylic acids is 2. The van der Waals surface area contributed by atoms with Crippen molar-refractivity contribution in [3.8, 4) is 0 Å². The zero-order chi connectivity index (χ0) is 26.0. The Balaban J connectivity index is 1.91. The first-order valence-corrected chi connectivity index (χ1v) is 12.1. The second-order valence-corrected chi connectivity index (χ2v) is 8.77. The number of carbonyl (C=O) groups is 5. The summed E-state index contributed by atoms with van der Waals surface area (Å²) in [5.74, 6) is -4.49. The summed E-state index contributed by atoms with van der Waals surface area (Å²) in [6.07, 6.45) is 3.17. The molecule has 3 amide bonds. The van der Waals surface area contributed by atoms with Crippen molar-refractivity contribution in [2.45, 2.75) is 37.4 Å². The standard InChI is InChI=1S/C22H29N5O7S/c1-35-7-6-16(21(32)27-17(22(33)34)9-19(29)30)26-18(28)11-25-20(31)14(23)8-12-10-24-15-5-3-2-4-13(12)15/h2-5,10,14,16-17,24H,6-9,11,23H2,1H3,(H,25,31)(H,26,28)(H,27,32)(H,29,30)(H,33,34). The number of benzene rings is 1. The molecule has 1 heterocycles. The van der Waals surface area contributed by atoms with Crippen LogP contribution in [0.5, 0.6) is 0 Å². The van der Waals surface area contributed by atoms with E-state index in [1.54, 1.807) is 12.5 Å². The third kappa shape index (κ3) is 8.61. The molecule has 190 valence electrons. The summed E-state index contributed by atoms with van der Waals surface area (Å²) in [6, 6.07) is 3.90. The summed E-state index contributed by atoms with van der Waals surface area (Å²) in [5, 5.41) is 25.9. The number of nitrogens with one attached hydrogen (secondary N) is 4. The van der Waals surface area contributed by atoms with Crippen molar-refractivity contribution in [3.05, 3.63) is 36.0 Å². The molecule has 2 aromatic rings. The molecule has 1 aromatic carbocycles. The van der Waals surface area contributed by atoms with Gasteiger partial charge in [0.25, 0.3) is 0 Å². The Bertz CT molecular complexity index is 1070. The molecule has 13 heteroatoms. The van der Waals surface area contributed by atoms with Gasteiger partial charge >= 0.3 is 11.9 Å². The SMILES string of the molecule is CSCCC(NC(=O)CNC(=O)C(N)Cc1c[nH]c2ccccc12)C(=O)NC(CC(=O)O)C(=O)O. The number of aromatic amines is 1. The molecule has 35 heavy (non-hydrogen) atoms. The number of H-pyrrole nitrogens is 1. The molecule has 0 bridgehead atoms. The molecule has 0 aliphatic carbocycles. The summed E-state index contributed by atoms with van der Waals surface area (Å²) in [7, 11) is 0. The number of carboxylic acid groups (broad SMARTS) is 2. The summed E-state index contributed by atoms with van der Waals surface area (Å²) in [4.78, 5) is 62.4. The predicted octanol–water partition coefficient (Wildman–Crippen LogP) is -0.564. The van der Waals surface area contributed by atoms with Crippen LogP contribution in [0.1, 0.15) is 18.4 Å². The molecule has 0 aliphatic heterocycles. The molecule has 3 atom stereocenters. The maximum Gasteiger partial charge on any atom is 0.326 e. The predicted molar refractivity (Wildman–Crippen MR) is 130 cm³/mol. The number of hydrogen-bond acceptors (Lipinski definition) is 7. The van der Waals surface area contributed by atoms with E-state index in [4.69, 9.17) is 15.9 Å². The van der Waals surface area contributed by atoms with Gasteiger partial charge in [-0.15, -0.1) is 0 Å². The minimum absolute atomic E-state index is 0.173. The highest BCUT2D eigenvalue weighted by molar-refractivity contribution is 7.98. The van der Waals surface area contributed by atoms with Crippen molar-refractivity contribution in [1.29, 1.82) is 0 Å². The molecule has 8 N–H and O–H groups in total. The number of thioether (sulfide) groups is 1. The number of aromatic nitrogens is 1. The molecule has 1 aromatic heterocycles. The van der Waals surface area contributed by atoms with Crippen molar-refractivity contribution in [2.24, 2.45) is 5.73 Å². The zero-order valence-corrected chi connectivity index (χ0v) is 19.9. The van der Waals surface area contributed by atoms with E-state index in [-0.39, 0.29) is 12.8 Å². The fraction of sp³-hybridized carbons (Fsp3) is 0.409. The Morgan fingerprint density at radius 2 is 1.77 bits per heavy atom. The average molecular weight is 508 g/mol. The molecular weight excluding hydrogens is 478 g/mol. The van der Waals surface area contributed by atoms with E-state index in [0.717, 1.165) is 16.5 Å². The molecule has 2 rings (SSSR count). The van der Waals surface area contributed by atoms with Gasteiger partial charge in [-0.05, 0) is 36.5 Å². The monoisotopic (exact) mass is 507 g/mol. The van der Waals surface area contributed by atoms with Crippen LogP contribution in [0.4, 0.5) is 0 Å². The van der Waals surface area contributed by atoms with Crippen molar-refractivity contribution in [1.82, 2.24) is 20.9 Å². The fourth-order valence-electron chi connectivity index (χ4n) is 3.33. The summed E-state index contributed by atoms with van der Waals surface area (Å²) >= 11 is 1.40. The lowest BCUT2D eigenvalue weighted by Crippen LogP contribution is -2.54. The Morgan fingerprint density at radius 3 is 2.43 bits per heavy atom. The van der Waals surface area contributed by atoms with Gasteiger partial charge in [-0.25, -0.2) is 4.79 Å². The number of nitrogens with two attached hydrogens (primary N) is 1. The first-order valence-electron chi connectivity index (χ1n) is 10.7. The number of hydrogen-bond donors (Lipinski definition) is 7. The molecule has 0 saturated heterocycles. The van der Waals surface area contributed by atoms with Gasteiger partial charge in [0.15, 0.2) is 0 Å². The maximum absolute atomic E-state index is 12.5. The molecule has 3 unspecified atom stereocenters. The van der Waals surface area contributed by atoms with E-state index < -0.39 is 60.8 Å². The van der Waals surface area contributed by atoms with Crippen LogP contribution in [0.2, 0.25) is 0 Å². The van der Waals surface area contributed by atoms with Gasteiger partial charge in [0, 0.05) is 17.1 Å². The minimum Gasteiger partial charge on any atom is -0.481 e. The van der Waals surface area contributed by atoms with E-state index >= 15 is 0 Å². The smallest absolute Gasteiger partial charge is 0.326 e. The Morgan fingerprint density at radius 1 is 1.06 bits per heavy atom. The van der Waals surface area contributed by atoms with E-state index in [1.165, 1.54) is 11.8 Å². The van der Waals surface area contributed by atoms with Crippen molar-refractivity contribution in [2.75, 3.05) is 18.6 Å². The largest absolute Gasteiger partial charge is 0.481 e. The second-order valence-electron chi connectivity index (χ2n) is 7.79. The Hall–Kier alpha value is -3.58. The Labute approximate surface area is 205 Å². The normalized spacial score (nSPS) is 13.4. The first kappa shape index (κ1) is 27.7. The highest BCUT2D eigenvalue weighted by atomic mass is 32.2. The zero-order valence-electron chi connectivity index (χ0n) is 19.1. The highest BCUT2D eigenvalue weighted by Gasteiger charge is 2.28. The van der Waals surface area contributed by atoms with E-state index in [9.17, 15) is 24.0 Å². The van der Waals surface area contributed by atoms with E-state index in [2.05, 4.69) is 20.9 Å². The van der Waals surface area contributed by atoms with Crippen LogP contribution in [0.25, 0.3) is 10.9 Å². The van der Waals surface area contributed by atoms with E-state index in [0.29, 0.717) is 5.75 Å². The number of carbonyl (C=O) groups excluding carboxylic acids is 3. The van der Waals surface area contributed by atoms with Gasteiger partial charge in [-0.1, -0.05) is 18.2 Å². The molecule has 0 aliphatic rings. The third-order valence-electron chi connectivity index (χ3n) is 5.13. The maximum atomic E-state index is 12.5. The second kappa shape index (κ2) is 13.3. The van der Waals surface area contributed by atoms with Gasteiger partial charge in [0.05, 0.1) is 19.0 Å². The summed E-state index contributed by atoms with van der Waals surface area (Å²) in [5.41, 5.74) is 7.77. The lowest BCUT2D eigenvalue weighted by molar-refractivity contribution is -0.147. The number of rotatable bonds is 14. The van der Waals surface area contributed by atoms with Crippen LogP contribution >= 0.6 is 11.8 Å². The molecule has 12 nitrogen and oxygen atoms in total. The van der Waals surface area contributed by atoms with Crippen LogP contribution in [0, 0.1) is 0 Å². The number of para-hydroxylation sites is 1. The lowest BCUT2D eigenvalue weighted by Gasteiger charge is -2.21. The van der Waals surface area contributed by atoms with Gasteiger partial charge in [0.2, 0.25) is 17.7 Å². The van der Waals surface area contributed by atoms with Crippen LogP contribution in [-0.2, 0) is 30.4 Å². The minimum atomic E-state index is -1.64. The average Bonchev–Trinajstić information content (AvgIpc) is 3.21. The van der Waals surface area contributed by atoms with Gasteiger partial charge in [0.1, 0.15) is 12.1 Å². The number of fused-ring (bicyclic) bond motifs is 1. The van der Waals surface area contributed by atoms with Gasteiger partial charge < -0.3 is 36.9 Å².